The van der Waals surface area contributed by atoms with Gasteiger partial charge in [0.2, 0.25) is 0 Å². The standard InChI is InChI=1S/C16H15Cl2N3S2/c1-10(2)21-15(14-7-4-8-22-14)19-20-16(21)23-9-11-12(17)5-3-6-13(11)18/h3-8,10H,9H2,1-2H3. The average Bonchev–Trinajstić information content (AvgIpc) is 3.15. The predicted molar refractivity (Wildman–Crippen MR) is 99.7 cm³/mol. The number of benzene rings is 1. The first kappa shape index (κ1) is 16.8. The van der Waals surface area contributed by atoms with Crippen LogP contribution in [-0.4, -0.2) is 14.8 Å². The van der Waals surface area contributed by atoms with Crippen molar-refractivity contribution in [3.63, 3.8) is 0 Å². The Hall–Kier alpha value is -1.01. The van der Waals surface area contributed by atoms with Gasteiger partial charge < -0.3 is 0 Å². The highest BCUT2D eigenvalue weighted by atomic mass is 35.5. The molecule has 0 unspecified atom stereocenters. The van der Waals surface area contributed by atoms with Gasteiger partial charge in [0.25, 0.3) is 0 Å². The summed E-state index contributed by atoms with van der Waals surface area (Å²) in [5, 5.41) is 13.0. The molecule has 120 valence electrons. The normalized spacial score (nSPS) is 11.3. The molecule has 3 rings (SSSR count). The van der Waals surface area contributed by atoms with Crippen LogP contribution in [0.3, 0.4) is 0 Å². The maximum absolute atomic E-state index is 6.25. The number of hydrogen-bond acceptors (Lipinski definition) is 4. The van der Waals surface area contributed by atoms with Crippen LogP contribution in [0.5, 0.6) is 0 Å². The molecule has 23 heavy (non-hydrogen) atoms. The third kappa shape index (κ3) is 3.58. The average molecular weight is 384 g/mol. The van der Waals surface area contributed by atoms with E-state index in [2.05, 4.69) is 34.7 Å². The quantitative estimate of drug-likeness (QED) is 0.492. The molecule has 0 spiro atoms. The molecule has 0 saturated heterocycles. The Kier molecular flexibility index (Phi) is 5.31. The third-order valence-electron chi connectivity index (χ3n) is 3.33. The molecule has 0 aliphatic heterocycles. The van der Waals surface area contributed by atoms with E-state index in [0.29, 0.717) is 15.8 Å². The van der Waals surface area contributed by atoms with E-state index in [1.54, 1.807) is 23.1 Å². The second-order valence-electron chi connectivity index (χ2n) is 5.24. The first-order valence-electron chi connectivity index (χ1n) is 7.12. The number of rotatable bonds is 5. The summed E-state index contributed by atoms with van der Waals surface area (Å²) >= 11 is 15.8. The van der Waals surface area contributed by atoms with E-state index in [1.807, 2.05) is 29.6 Å². The van der Waals surface area contributed by atoms with Gasteiger partial charge in [-0.05, 0) is 43.0 Å². The van der Waals surface area contributed by atoms with Crippen LogP contribution in [0.4, 0.5) is 0 Å². The maximum atomic E-state index is 6.25. The topological polar surface area (TPSA) is 30.7 Å². The van der Waals surface area contributed by atoms with Crippen molar-refractivity contribution in [1.82, 2.24) is 14.8 Å². The molecule has 0 radical (unpaired) electrons. The lowest BCUT2D eigenvalue weighted by Crippen LogP contribution is -2.04. The monoisotopic (exact) mass is 383 g/mol. The fourth-order valence-corrected chi connectivity index (χ4v) is 4.74. The summed E-state index contributed by atoms with van der Waals surface area (Å²) in [6.07, 6.45) is 0. The number of halogens is 2. The van der Waals surface area contributed by atoms with Gasteiger partial charge in [-0.2, -0.15) is 0 Å². The van der Waals surface area contributed by atoms with Crippen LogP contribution < -0.4 is 0 Å². The Labute approximate surface area is 153 Å². The molecule has 0 N–H and O–H groups in total. The molecule has 0 atom stereocenters. The largest absolute Gasteiger partial charge is 0.299 e. The third-order valence-corrected chi connectivity index (χ3v) is 5.87. The Morgan fingerprint density at radius 1 is 1.13 bits per heavy atom. The number of thiophene rings is 1. The van der Waals surface area contributed by atoms with E-state index in [9.17, 15) is 0 Å². The van der Waals surface area contributed by atoms with Gasteiger partial charge in [0.15, 0.2) is 11.0 Å². The molecule has 2 heterocycles. The summed E-state index contributed by atoms with van der Waals surface area (Å²) in [6.45, 7) is 4.26. The van der Waals surface area contributed by atoms with Crippen LogP contribution in [0.15, 0.2) is 40.9 Å². The minimum absolute atomic E-state index is 0.270. The Balaban J connectivity index is 1.89. The van der Waals surface area contributed by atoms with E-state index in [1.165, 1.54) is 0 Å². The zero-order valence-electron chi connectivity index (χ0n) is 12.7. The van der Waals surface area contributed by atoms with Gasteiger partial charge in [0.05, 0.1) is 4.88 Å². The molecule has 0 saturated carbocycles. The molecule has 1 aromatic carbocycles. The Morgan fingerprint density at radius 2 is 1.87 bits per heavy atom. The highest BCUT2D eigenvalue weighted by Crippen LogP contribution is 2.34. The molecule has 0 aliphatic carbocycles. The first-order chi connectivity index (χ1) is 11.1. The SMILES string of the molecule is CC(C)n1c(SCc2c(Cl)cccc2Cl)nnc1-c1cccs1. The van der Waals surface area contributed by atoms with Crippen molar-refractivity contribution in [3.05, 3.63) is 51.3 Å². The number of nitrogens with zero attached hydrogens (tertiary/aromatic N) is 3. The first-order valence-corrected chi connectivity index (χ1v) is 9.74. The lowest BCUT2D eigenvalue weighted by molar-refractivity contribution is 0.555. The van der Waals surface area contributed by atoms with Crippen molar-refractivity contribution < 1.29 is 0 Å². The van der Waals surface area contributed by atoms with E-state index in [4.69, 9.17) is 23.2 Å². The van der Waals surface area contributed by atoms with Crippen molar-refractivity contribution in [2.75, 3.05) is 0 Å². The van der Waals surface area contributed by atoms with Crippen LogP contribution in [0.2, 0.25) is 10.0 Å². The number of hydrogen-bond donors (Lipinski definition) is 0. The molecule has 0 fully saturated rings. The number of aromatic nitrogens is 3. The summed E-state index contributed by atoms with van der Waals surface area (Å²) in [4.78, 5) is 1.12. The van der Waals surface area contributed by atoms with E-state index in [0.717, 1.165) is 21.4 Å². The molecule has 3 aromatic rings. The van der Waals surface area contributed by atoms with Crippen molar-refractivity contribution >= 4 is 46.3 Å². The Bertz CT molecular complexity index is 778. The van der Waals surface area contributed by atoms with Crippen LogP contribution in [0.25, 0.3) is 10.7 Å². The highest BCUT2D eigenvalue weighted by Gasteiger charge is 2.18. The molecule has 0 amide bonds. The smallest absolute Gasteiger partial charge is 0.192 e. The highest BCUT2D eigenvalue weighted by molar-refractivity contribution is 7.98. The van der Waals surface area contributed by atoms with Gasteiger partial charge in [0, 0.05) is 21.8 Å². The van der Waals surface area contributed by atoms with Crippen molar-refractivity contribution in [3.8, 4) is 10.7 Å². The summed E-state index contributed by atoms with van der Waals surface area (Å²) < 4.78 is 2.15. The van der Waals surface area contributed by atoms with Gasteiger partial charge in [0.1, 0.15) is 0 Å². The molecular weight excluding hydrogens is 369 g/mol. The van der Waals surface area contributed by atoms with Crippen molar-refractivity contribution in [2.24, 2.45) is 0 Å². The van der Waals surface area contributed by atoms with Crippen LogP contribution in [0.1, 0.15) is 25.5 Å². The van der Waals surface area contributed by atoms with Crippen LogP contribution >= 0.6 is 46.3 Å². The van der Waals surface area contributed by atoms with Crippen LogP contribution in [0, 0.1) is 0 Å². The molecule has 7 heteroatoms. The molecule has 0 aliphatic rings. The van der Waals surface area contributed by atoms with Gasteiger partial charge in [-0.3, -0.25) is 4.57 Å². The van der Waals surface area contributed by atoms with Gasteiger partial charge in [-0.25, -0.2) is 0 Å². The summed E-state index contributed by atoms with van der Waals surface area (Å²) in [5.41, 5.74) is 0.928. The second kappa shape index (κ2) is 7.26. The van der Waals surface area contributed by atoms with E-state index in [-0.39, 0.29) is 6.04 Å². The van der Waals surface area contributed by atoms with Crippen molar-refractivity contribution in [2.45, 2.75) is 30.8 Å². The van der Waals surface area contributed by atoms with Crippen LogP contribution in [-0.2, 0) is 5.75 Å². The minimum atomic E-state index is 0.270. The number of thioether (sulfide) groups is 1. The minimum Gasteiger partial charge on any atom is -0.299 e. The zero-order chi connectivity index (χ0) is 16.4. The van der Waals surface area contributed by atoms with Gasteiger partial charge in [-0.1, -0.05) is 47.1 Å². The lowest BCUT2D eigenvalue weighted by atomic mass is 10.2. The fraction of sp³-hybridized carbons (Fsp3) is 0.250. The summed E-state index contributed by atoms with van der Waals surface area (Å²) in [7, 11) is 0. The van der Waals surface area contributed by atoms with E-state index >= 15 is 0 Å². The van der Waals surface area contributed by atoms with Crippen molar-refractivity contribution in [1.29, 1.82) is 0 Å². The molecule has 3 nitrogen and oxygen atoms in total. The summed E-state index contributed by atoms with van der Waals surface area (Å²) in [5.74, 6) is 1.57. The molecule has 2 aromatic heterocycles. The Morgan fingerprint density at radius 3 is 2.48 bits per heavy atom. The molecule has 0 bridgehead atoms. The zero-order valence-corrected chi connectivity index (χ0v) is 15.8. The molecular formula is C16H15Cl2N3S2. The maximum Gasteiger partial charge on any atom is 0.192 e. The predicted octanol–water partition coefficient (Wildman–Crippen LogP) is 6.19. The lowest BCUT2D eigenvalue weighted by Gasteiger charge is -2.13. The van der Waals surface area contributed by atoms with Gasteiger partial charge >= 0.3 is 0 Å². The summed E-state index contributed by atoms with van der Waals surface area (Å²) in [6, 6.07) is 9.92. The van der Waals surface area contributed by atoms with Gasteiger partial charge in [-0.15, -0.1) is 21.5 Å². The van der Waals surface area contributed by atoms with E-state index < -0.39 is 0 Å². The second-order valence-corrected chi connectivity index (χ2v) is 7.94. The fourth-order valence-electron chi connectivity index (χ4n) is 2.22.